The largest absolute Gasteiger partial charge is 0.294 e. The second-order valence-electron chi connectivity index (χ2n) is 3.07. The Kier molecular flexibility index (Phi) is 3.14. The van der Waals surface area contributed by atoms with Crippen molar-refractivity contribution in [2.75, 3.05) is 0 Å². The zero-order valence-corrected chi connectivity index (χ0v) is 9.39. The van der Waals surface area contributed by atoms with Crippen molar-refractivity contribution in [2.45, 2.75) is 6.42 Å². The van der Waals surface area contributed by atoms with Crippen LogP contribution >= 0.6 is 22.9 Å². The van der Waals surface area contributed by atoms with E-state index in [-0.39, 0.29) is 5.78 Å². The van der Waals surface area contributed by atoms with Gasteiger partial charge in [0.15, 0.2) is 5.78 Å². The lowest BCUT2D eigenvalue weighted by molar-refractivity contribution is 0.0994. The van der Waals surface area contributed by atoms with E-state index in [2.05, 4.69) is 4.98 Å². The monoisotopic (exact) mass is 237 g/mol. The van der Waals surface area contributed by atoms with Gasteiger partial charge in [0.2, 0.25) is 0 Å². The minimum Gasteiger partial charge on any atom is -0.294 e. The molecule has 76 valence electrons. The van der Waals surface area contributed by atoms with E-state index < -0.39 is 0 Å². The number of carbonyl (C=O) groups excluding carboxylic acids is 1. The van der Waals surface area contributed by atoms with Gasteiger partial charge in [-0.2, -0.15) is 0 Å². The molecule has 1 heterocycles. The third kappa shape index (κ3) is 2.64. The summed E-state index contributed by atoms with van der Waals surface area (Å²) in [6, 6.07) is 6.93. The maximum Gasteiger partial charge on any atom is 0.168 e. The Morgan fingerprint density at radius 2 is 2.07 bits per heavy atom. The first-order valence-corrected chi connectivity index (χ1v) is 5.67. The molecule has 0 unspecified atom stereocenters. The number of nitrogens with zero attached hydrogens (tertiary/aromatic N) is 1. The SMILES string of the molecule is O=C(Cc1cncs1)c1ccc(Cl)cc1. The molecule has 0 atom stereocenters. The summed E-state index contributed by atoms with van der Waals surface area (Å²) in [4.78, 5) is 16.7. The number of benzene rings is 1. The molecule has 0 fully saturated rings. The first-order valence-electron chi connectivity index (χ1n) is 4.42. The highest BCUT2D eigenvalue weighted by molar-refractivity contribution is 7.09. The van der Waals surface area contributed by atoms with E-state index in [4.69, 9.17) is 11.6 Å². The van der Waals surface area contributed by atoms with Crippen LogP contribution in [0.4, 0.5) is 0 Å². The lowest BCUT2D eigenvalue weighted by Crippen LogP contribution is -2.01. The van der Waals surface area contributed by atoms with Crippen molar-refractivity contribution in [1.82, 2.24) is 4.98 Å². The van der Waals surface area contributed by atoms with Gasteiger partial charge in [-0.1, -0.05) is 11.6 Å². The van der Waals surface area contributed by atoms with E-state index in [1.807, 2.05) is 0 Å². The normalized spacial score (nSPS) is 10.2. The molecule has 0 N–H and O–H groups in total. The van der Waals surface area contributed by atoms with Crippen molar-refractivity contribution in [3.05, 3.63) is 51.4 Å². The Morgan fingerprint density at radius 1 is 1.33 bits per heavy atom. The van der Waals surface area contributed by atoms with Crippen LogP contribution in [0.2, 0.25) is 5.02 Å². The van der Waals surface area contributed by atoms with Gasteiger partial charge in [0.25, 0.3) is 0 Å². The van der Waals surface area contributed by atoms with Crippen LogP contribution in [-0.2, 0) is 6.42 Å². The molecule has 4 heteroatoms. The second-order valence-corrected chi connectivity index (χ2v) is 4.48. The van der Waals surface area contributed by atoms with Crippen molar-refractivity contribution in [2.24, 2.45) is 0 Å². The average molecular weight is 238 g/mol. The molecule has 2 nitrogen and oxygen atoms in total. The molecule has 0 saturated carbocycles. The van der Waals surface area contributed by atoms with E-state index >= 15 is 0 Å². The zero-order chi connectivity index (χ0) is 10.7. The molecule has 0 saturated heterocycles. The lowest BCUT2D eigenvalue weighted by Gasteiger charge is -1.98. The highest BCUT2D eigenvalue weighted by atomic mass is 35.5. The Balaban J connectivity index is 2.11. The van der Waals surface area contributed by atoms with Crippen LogP contribution in [0, 0.1) is 0 Å². The van der Waals surface area contributed by atoms with Gasteiger partial charge in [-0.15, -0.1) is 11.3 Å². The average Bonchev–Trinajstić information content (AvgIpc) is 2.71. The summed E-state index contributed by atoms with van der Waals surface area (Å²) in [5, 5.41) is 0.643. The van der Waals surface area contributed by atoms with Crippen LogP contribution in [0.1, 0.15) is 15.2 Å². The first kappa shape index (κ1) is 10.3. The smallest absolute Gasteiger partial charge is 0.168 e. The molecule has 15 heavy (non-hydrogen) atoms. The number of aromatic nitrogens is 1. The van der Waals surface area contributed by atoms with E-state index in [0.29, 0.717) is 17.0 Å². The van der Waals surface area contributed by atoms with Crippen molar-refractivity contribution >= 4 is 28.7 Å². The maximum absolute atomic E-state index is 11.8. The van der Waals surface area contributed by atoms with Crippen LogP contribution < -0.4 is 0 Å². The molecular weight excluding hydrogens is 230 g/mol. The first-order chi connectivity index (χ1) is 7.25. The predicted molar refractivity (Wildman–Crippen MR) is 61.6 cm³/mol. The number of Topliss-reactive ketones (excluding diaryl/α,β-unsaturated/α-hetero) is 1. The lowest BCUT2D eigenvalue weighted by atomic mass is 10.1. The van der Waals surface area contributed by atoms with E-state index in [1.54, 1.807) is 36.0 Å². The summed E-state index contributed by atoms with van der Waals surface area (Å²) in [7, 11) is 0. The van der Waals surface area contributed by atoms with Gasteiger partial charge in [0, 0.05) is 28.1 Å². The molecule has 0 aliphatic rings. The van der Waals surface area contributed by atoms with Crippen LogP contribution in [0.3, 0.4) is 0 Å². The van der Waals surface area contributed by atoms with Crippen molar-refractivity contribution in [1.29, 1.82) is 0 Å². The molecule has 0 bridgehead atoms. The fraction of sp³-hybridized carbons (Fsp3) is 0.0909. The Morgan fingerprint density at radius 3 is 2.67 bits per heavy atom. The van der Waals surface area contributed by atoms with Gasteiger partial charge in [0.05, 0.1) is 5.51 Å². The zero-order valence-electron chi connectivity index (χ0n) is 7.81. The molecule has 0 spiro atoms. The van der Waals surface area contributed by atoms with Crippen LogP contribution in [0.15, 0.2) is 36.0 Å². The van der Waals surface area contributed by atoms with Gasteiger partial charge in [0.1, 0.15) is 0 Å². The van der Waals surface area contributed by atoms with E-state index in [0.717, 1.165) is 4.88 Å². The summed E-state index contributed by atoms with van der Waals surface area (Å²) in [6.07, 6.45) is 2.13. The highest BCUT2D eigenvalue weighted by Crippen LogP contribution is 2.13. The van der Waals surface area contributed by atoms with Gasteiger partial charge < -0.3 is 0 Å². The topological polar surface area (TPSA) is 30.0 Å². The number of halogens is 1. The molecule has 1 aromatic heterocycles. The number of hydrogen-bond acceptors (Lipinski definition) is 3. The Labute approximate surface area is 96.5 Å². The second kappa shape index (κ2) is 4.55. The standard InChI is InChI=1S/C11H8ClNOS/c12-9-3-1-8(2-4-9)11(14)5-10-6-13-7-15-10/h1-4,6-7H,5H2. The molecule has 0 aliphatic heterocycles. The highest BCUT2D eigenvalue weighted by Gasteiger charge is 2.07. The molecule has 0 aliphatic carbocycles. The number of hydrogen-bond donors (Lipinski definition) is 0. The van der Waals surface area contributed by atoms with Crippen molar-refractivity contribution in [3.8, 4) is 0 Å². The molecule has 0 amide bonds. The Bertz CT molecular complexity index is 450. The van der Waals surface area contributed by atoms with Gasteiger partial charge in [-0.25, -0.2) is 0 Å². The van der Waals surface area contributed by atoms with Gasteiger partial charge in [-0.05, 0) is 24.3 Å². The summed E-state index contributed by atoms with van der Waals surface area (Å²) < 4.78 is 0. The molecule has 2 aromatic rings. The summed E-state index contributed by atoms with van der Waals surface area (Å²) in [5.74, 6) is 0.0934. The minimum absolute atomic E-state index is 0.0934. The maximum atomic E-state index is 11.8. The van der Waals surface area contributed by atoms with Crippen LogP contribution in [0.5, 0.6) is 0 Å². The van der Waals surface area contributed by atoms with Gasteiger partial charge in [-0.3, -0.25) is 9.78 Å². The fourth-order valence-electron chi connectivity index (χ4n) is 1.23. The van der Waals surface area contributed by atoms with Crippen LogP contribution in [0.25, 0.3) is 0 Å². The number of ketones is 1. The summed E-state index contributed by atoms with van der Waals surface area (Å²) in [6.45, 7) is 0. The predicted octanol–water partition coefficient (Wildman–Crippen LogP) is 3.22. The number of thiazole rings is 1. The van der Waals surface area contributed by atoms with Gasteiger partial charge >= 0.3 is 0 Å². The number of carbonyl (C=O) groups is 1. The minimum atomic E-state index is 0.0934. The molecular formula is C11H8ClNOS. The third-order valence-corrected chi connectivity index (χ3v) is 3.02. The Hall–Kier alpha value is -1.19. The summed E-state index contributed by atoms with van der Waals surface area (Å²) in [5.41, 5.74) is 2.41. The molecule has 1 aromatic carbocycles. The fourth-order valence-corrected chi connectivity index (χ4v) is 1.94. The van der Waals surface area contributed by atoms with E-state index in [9.17, 15) is 4.79 Å². The van der Waals surface area contributed by atoms with Crippen molar-refractivity contribution < 1.29 is 4.79 Å². The molecule has 2 rings (SSSR count). The number of rotatable bonds is 3. The van der Waals surface area contributed by atoms with Crippen LogP contribution in [-0.4, -0.2) is 10.8 Å². The quantitative estimate of drug-likeness (QED) is 0.768. The van der Waals surface area contributed by atoms with Crippen molar-refractivity contribution in [3.63, 3.8) is 0 Å². The third-order valence-electron chi connectivity index (χ3n) is 1.98. The van der Waals surface area contributed by atoms with E-state index in [1.165, 1.54) is 11.3 Å². The summed E-state index contributed by atoms with van der Waals surface area (Å²) >= 11 is 7.23. The molecule has 0 radical (unpaired) electrons.